The maximum Gasteiger partial charge on any atom is 0.573 e. The van der Waals surface area contributed by atoms with Gasteiger partial charge < -0.3 is 39.6 Å². The highest BCUT2D eigenvalue weighted by Gasteiger charge is 2.31. The number of nitrogens with one attached hydrogen (secondary N) is 2. The fourth-order valence-electron chi connectivity index (χ4n) is 4.19. The molecule has 4 N–H and O–H groups in total. The van der Waals surface area contributed by atoms with Gasteiger partial charge >= 0.3 is 13.5 Å². The van der Waals surface area contributed by atoms with Crippen LogP contribution in [0.5, 0.6) is 5.75 Å². The molecule has 0 unspecified atom stereocenters. The lowest BCUT2D eigenvalue weighted by Gasteiger charge is -2.10. The molecule has 0 atom stereocenters. The van der Waals surface area contributed by atoms with Gasteiger partial charge in [0.05, 0.1) is 58.1 Å². The number of nitrogens with zero attached hydrogens (tertiary/aromatic N) is 4. The molecule has 0 fully saturated rings. The number of alkyl halides is 3. The molecule has 250 valence electrons. The minimum Gasteiger partial charge on any atom is -0.423 e. The second-order valence-corrected chi connectivity index (χ2v) is 10.0. The van der Waals surface area contributed by atoms with Gasteiger partial charge in [0, 0.05) is 35.6 Å². The van der Waals surface area contributed by atoms with Gasteiger partial charge in [-0.1, -0.05) is 11.6 Å². The Labute approximate surface area is 268 Å². The summed E-state index contributed by atoms with van der Waals surface area (Å²) in [6.07, 6.45) is 0.0856. The molecule has 4 aromatic rings. The van der Waals surface area contributed by atoms with Gasteiger partial charge in [-0.05, 0) is 48.8 Å². The molecule has 17 heteroatoms. The average molecular weight is 658 g/mol. The summed E-state index contributed by atoms with van der Waals surface area (Å²) in [5.74, 6) is -0.204. The van der Waals surface area contributed by atoms with E-state index in [9.17, 15) is 28.0 Å². The third kappa shape index (κ3) is 12.0. The van der Waals surface area contributed by atoms with Crippen molar-refractivity contribution in [1.82, 2.24) is 25.1 Å². The molecule has 0 aliphatic carbocycles. The predicted molar refractivity (Wildman–Crippen MR) is 165 cm³/mol. The molecular weight excluding hydrogens is 624 g/mol. The van der Waals surface area contributed by atoms with Crippen LogP contribution in [0, 0.1) is 6.92 Å². The van der Waals surface area contributed by atoms with Gasteiger partial charge in [0.1, 0.15) is 17.9 Å². The van der Waals surface area contributed by atoms with Crippen molar-refractivity contribution in [2.45, 2.75) is 19.8 Å². The number of aromatic nitrogens is 4. The number of amides is 1. The van der Waals surface area contributed by atoms with Crippen molar-refractivity contribution < 1.29 is 47.0 Å². The Balaban J connectivity index is 1.05. The monoisotopic (exact) mass is 658 g/mol. The van der Waals surface area contributed by atoms with Crippen LogP contribution in [0.4, 0.5) is 24.7 Å². The van der Waals surface area contributed by atoms with Crippen LogP contribution in [0.3, 0.4) is 0 Å². The lowest BCUT2D eigenvalue weighted by atomic mass is 9.76. The highest BCUT2D eigenvalue weighted by molar-refractivity contribution is 6.59. The largest absolute Gasteiger partial charge is 0.573 e. The minimum atomic E-state index is -4.76. The van der Waals surface area contributed by atoms with Crippen molar-refractivity contribution in [1.29, 1.82) is 0 Å². The number of benzene rings is 2. The Kier molecular flexibility index (Phi) is 13.1. The standard InChI is InChI=1S/C30H34BF3N6O7/c1-21-2-3-22(16-26(21)31(42)43)29(41)35-8-10-44-12-14-46-15-13-45-11-9-40-19-23(18-38-40)27-17-28(37-20-36-27)39-24-4-6-25(7-5-24)47-30(32,33)34/h2-7,16-20,42-43H,8-15H2,1H3,(H,35,41)(H,36,37,39). The Morgan fingerprint density at radius 2 is 1.64 bits per heavy atom. The first-order valence-corrected chi connectivity index (χ1v) is 14.5. The van der Waals surface area contributed by atoms with E-state index in [-0.39, 0.29) is 17.1 Å². The predicted octanol–water partition coefficient (Wildman–Crippen LogP) is 2.45. The summed E-state index contributed by atoms with van der Waals surface area (Å²) in [6, 6.07) is 11.7. The van der Waals surface area contributed by atoms with E-state index in [0.29, 0.717) is 81.1 Å². The third-order valence-corrected chi connectivity index (χ3v) is 6.52. The van der Waals surface area contributed by atoms with Crippen LogP contribution in [-0.4, -0.2) is 95.4 Å². The lowest BCUT2D eigenvalue weighted by molar-refractivity contribution is -0.274. The molecule has 0 radical (unpaired) electrons. The van der Waals surface area contributed by atoms with E-state index < -0.39 is 13.5 Å². The van der Waals surface area contributed by atoms with Gasteiger partial charge in [-0.25, -0.2) is 9.97 Å². The average Bonchev–Trinajstić information content (AvgIpc) is 3.51. The summed E-state index contributed by atoms with van der Waals surface area (Å²) in [6.45, 7) is 4.70. The van der Waals surface area contributed by atoms with Crippen molar-refractivity contribution in [2.75, 3.05) is 51.5 Å². The molecule has 4 rings (SSSR count). The van der Waals surface area contributed by atoms with E-state index in [4.69, 9.17) is 14.2 Å². The fraction of sp³-hybridized carbons (Fsp3) is 0.333. The SMILES string of the molecule is Cc1ccc(C(=O)NCCOCCOCCOCCn2cc(-c3cc(Nc4ccc(OC(F)(F)F)cc4)ncn3)cn2)cc1B(O)O. The molecule has 0 aliphatic rings. The Morgan fingerprint density at radius 3 is 2.34 bits per heavy atom. The van der Waals surface area contributed by atoms with Gasteiger partial charge in [0.25, 0.3) is 5.91 Å². The zero-order chi connectivity index (χ0) is 33.6. The molecule has 0 spiro atoms. The number of hydrogen-bond donors (Lipinski definition) is 4. The first-order valence-electron chi connectivity index (χ1n) is 14.5. The van der Waals surface area contributed by atoms with Crippen LogP contribution in [0.1, 0.15) is 15.9 Å². The van der Waals surface area contributed by atoms with Crippen molar-refractivity contribution in [3.63, 3.8) is 0 Å². The molecule has 47 heavy (non-hydrogen) atoms. The molecule has 0 bridgehead atoms. The molecule has 2 aromatic carbocycles. The Bertz CT molecular complexity index is 1570. The molecule has 1 amide bonds. The van der Waals surface area contributed by atoms with E-state index in [1.54, 1.807) is 36.0 Å². The first-order chi connectivity index (χ1) is 22.6. The summed E-state index contributed by atoms with van der Waals surface area (Å²) in [7, 11) is -1.64. The van der Waals surface area contributed by atoms with Crippen LogP contribution in [0.25, 0.3) is 11.3 Å². The molecular formula is C30H34BF3N6O7. The smallest absolute Gasteiger partial charge is 0.423 e. The second-order valence-electron chi connectivity index (χ2n) is 10.0. The van der Waals surface area contributed by atoms with Crippen molar-refractivity contribution >= 4 is 30.0 Å². The number of aryl methyl sites for hydroxylation is 1. The number of anilines is 2. The molecule has 2 heterocycles. The normalized spacial score (nSPS) is 11.4. The molecule has 0 saturated heterocycles. The molecule has 2 aromatic heterocycles. The van der Waals surface area contributed by atoms with Crippen LogP contribution < -0.4 is 20.8 Å². The Hall–Kier alpha value is -4.55. The maximum absolute atomic E-state index is 12.4. The van der Waals surface area contributed by atoms with E-state index in [1.165, 1.54) is 36.7 Å². The summed E-state index contributed by atoms with van der Waals surface area (Å²) < 4.78 is 59.2. The highest BCUT2D eigenvalue weighted by atomic mass is 19.4. The third-order valence-electron chi connectivity index (χ3n) is 6.52. The summed E-state index contributed by atoms with van der Waals surface area (Å²) in [4.78, 5) is 20.7. The van der Waals surface area contributed by atoms with Crippen molar-refractivity contribution in [3.8, 4) is 17.0 Å². The van der Waals surface area contributed by atoms with Crippen molar-refractivity contribution in [2.24, 2.45) is 0 Å². The van der Waals surface area contributed by atoms with Gasteiger partial charge in [-0.2, -0.15) is 5.10 Å². The first kappa shape index (κ1) is 35.3. The van der Waals surface area contributed by atoms with Crippen LogP contribution in [0.15, 0.2) is 67.3 Å². The van der Waals surface area contributed by atoms with E-state index in [0.717, 1.165) is 5.56 Å². The number of halogens is 3. The number of hydrogen-bond acceptors (Lipinski definition) is 11. The van der Waals surface area contributed by atoms with Gasteiger partial charge in [0.15, 0.2) is 0 Å². The number of ether oxygens (including phenoxy) is 4. The summed E-state index contributed by atoms with van der Waals surface area (Å²) >= 11 is 0. The van der Waals surface area contributed by atoms with Crippen LogP contribution >= 0.6 is 0 Å². The Morgan fingerprint density at radius 1 is 0.936 bits per heavy atom. The summed E-state index contributed by atoms with van der Waals surface area (Å²) in [5, 5.41) is 28.8. The molecule has 0 aliphatic heterocycles. The number of carbonyl (C=O) groups excluding carboxylic acids is 1. The number of rotatable bonds is 18. The van der Waals surface area contributed by atoms with Gasteiger partial charge in [-0.3, -0.25) is 9.48 Å². The zero-order valence-corrected chi connectivity index (χ0v) is 25.4. The summed E-state index contributed by atoms with van der Waals surface area (Å²) in [5.41, 5.74) is 3.17. The van der Waals surface area contributed by atoms with Crippen LogP contribution in [-0.2, 0) is 20.8 Å². The van der Waals surface area contributed by atoms with E-state index in [1.807, 2.05) is 6.20 Å². The van der Waals surface area contributed by atoms with Gasteiger partial charge in [0.2, 0.25) is 0 Å². The van der Waals surface area contributed by atoms with Gasteiger partial charge in [-0.15, -0.1) is 13.2 Å². The number of carbonyl (C=O) groups is 1. The van der Waals surface area contributed by atoms with E-state index >= 15 is 0 Å². The zero-order valence-electron chi connectivity index (χ0n) is 25.4. The molecule has 13 nitrogen and oxygen atoms in total. The maximum atomic E-state index is 12.4. The highest BCUT2D eigenvalue weighted by Crippen LogP contribution is 2.26. The lowest BCUT2D eigenvalue weighted by Crippen LogP contribution is -2.34. The minimum absolute atomic E-state index is 0.283. The topological polar surface area (TPSA) is 162 Å². The second kappa shape index (κ2) is 17.4. The van der Waals surface area contributed by atoms with Crippen LogP contribution in [0.2, 0.25) is 0 Å². The quantitative estimate of drug-likeness (QED) is 0.0918. The fourth-order valence-corrected chi connectivity index (χ4v) is 4.19. The van der Waals surface area contributed by atoms with E-state index in [2.05, 4.69) is 30.4 Å². The molecule has 0 saturated carbocycles. The van der Waals surface area contributed by atoms with Crippen molar-refractivity contribution in [3.05, 3.63) is 78.4 Å².